The number of rotatable bonds is 3. The number of aliphatic hydroxyl groups is 1. The maximum Gasteiger partial charge on any atom is 0.337 e. The molecule has 1 fully saturated rings. The lowest BCUT2D eigenvalue weighted by Gasteiger charge is -2.23. The van der Waals surface area contributed by atoms with Gasteiger partial charge in [-0.05, 0) is 12.1 Å². The molecule has 10 heteroatoms. The number of nitrogens with zero attached hydrogens (tertiary/aromatic N) is 3. The van der Waals surface area contributed by atoms with Crippen LogP contribution in [-0.4, -0.2) is 51.3 Å². The number of aromatic nitrogens is 2. The topological polar surface area (TPSA) is 105 Å². The molecular formula is C12H14ClN3O5S. The first-order valence-electron chi connectivity index (χ1n) is 6.44. The molecule has 0 saturated carbocycles. The van der Waals surface area contributed by atoms with Crippen molar-refractivity contribution in [1.29, 1.82) is 0 Å². The van der Waals surface area contributed by atoms with Crippen LogP contribution in [0.1, 0.15) is 12.6 Å². The highest BCUT2D eigenvalue weighted by Crippen LogP contribution is 2.34. The number of halogens is 1. The minimum absolute atomic E-state index is 0.175. The van der Waals surface area contributed by atoms with Gasteiger partial charge < -0.3 is 14.4 Å². The Morgan fingerprint density at radius 3 is 2.91 bits per heavy atom. The molecule has 3 heterocycles. The van der Waals surface area contributed by atoms with E-state index in [1.54, 1.807) is 29.1 Å². The quantitative estimate of drug-likeness (QED) is 0.634. The van der Waals surface area contributed by atoms with Crippen molar-refractivity contribution in [2.45, 2.75) is 25.0 Å². The lowest BCUT2D eigenvalue weighted by molar-refractivity contribution is -0.0683. The van der Waals surface area contributed by atoms with Gasteiger partial charge in [-0.1, -0.05) is 11.6 Å². The molecule has 3 rings (SSSR count). The molecule has 1 saturated heterocycles. The Kier molecular flexibility index (Phi) is 3.87. The fourth-order valence-corrected chi connectivity index (χ4v) is 3.24. The Morgan fingerprint density at radius 2 is 2.23 bits per heavy atom. The second-order valence-electron chi connectivity index (χ2n) is 5.04. The molecular weight excluding hydrogens is 334 g/mol. The molecule has 3 atom stereocenters. The molecule has 8 nitrogen and oxygen atoms in total. The summed E-state index contributed by atoms with van der Waals surface area (Å²) in [5.41, 5.74) is 0.757. The Morgan fingerprint density at radius 1 is 1.50 bits per heavy atom. The zero-order chi connectivity index (χ0) is 16.1. The van der Waals surface area contributed by atoms with Crippen LogP contribution in [0.4, 0.5) is 0 Å². The van der Waals surface area contributed by atoms with Gasteiger partial charge in [0.25, 0.3) is 0 Å². The molecule has 120 valence electrons. The molecule has 1 aliphatic rings. The smallest absolute Gasteiger partial charge is 0.337 e. The van der Waals surface area contributed by atoms with Gasteiger partial charge in [0.2, 0.25) is 0 Å². The van der Waals surface area contributed by atoms with Gasteiger partial charge in [-0.15, -0.1) is 0 Å². The lowest BCUT2D eigenvalue weighted by Crippen LogP contribution is -2.42. The van der Waals surface area contributed by atoms with Crippen molar-refractivity contribution in [3.8, 4) is 0 Å². The second kappa shape index (κ2) is 5.44. The summed E-state index contributed by atoms with van der Waals surface area (Å²) in [5, 5.41) is 11.1. The highest BCUT2D eigenvalue weighted by Gasteiger charge is 2.41. The van der Waals surface area contributed by atoms with Gasteiger partial charge in [-0.25, -0.2) is 4.98 Å². The van der Waals surface area contributed by atoms with E-state index >= 15 is 0 Å². The summed E-state index contributed by atoms with van der Waals surface area (Å²) < 4.78 is 39.3. The lowest BCUT2D eigenvalue weighted by atomic mass is 10.2. The standard InChI is InChI=1S/C12H14ClN3O5S/c1-15(22(18,19)20)12-9(17)6-10(21-12)16-5-3-7-8(16)2-4-14-11(7)13/h2-5,9-10,12,17H,6H2,1H3,(H,18,19,20)/t9-,10+,12+/m0/s1. The molecule has 0 unspecified atom stereocenters. The molecule has 0 aromatic carbocycles. The van der Waals surface area contributed by atoms with Crippen LogP contribution in [0, 0.1) is 0 Å². The molecule has 2 aromatic heterocycles. The normalized spacial score (nSPS) is 26.1. The van der Waals surface area contributed by atoms with Crippen LogP contribution in [0.15, 0.2) is 24.5 Å². The molecule has 0 radical (unpaired) electrons. The molecule has 1 aliphatic heterocycles. The van der Waals surface area contributed by atoms with Crippen molar-refractivity contribution in [1.82, 2.24) is 13.9 Å². The monoisotopic (exact) mass is 347 g/mol. The first kappa shape index (κ1) is 15.7. The van der Waals surface area contributed by atoms with Crippen LogP contribution in [0.2, 0.25) is 5.15 Å². The third-order valence-electron chi connectivity index (χ3n) is 3.70. The number of ether oxygens (including phenoxy) is 1. The van der Waals surface area contributed by atoms with E-state index in [1.807, 2.05) is 0 Å². The number of hydrogen-bond donors (Lipinski definition) is 2. The van der Waals surface area contributed by atoms with Crippen molar-refractivity contribution < 1.29 is 22.8 Å². The third kappa shape index (κ3) is 2.60. The Balaban J connectivity index is 1.92. The predicted molar refractivity (Wildman–Crippen MR) is 78.6 cm³/mol. The molecule has 2 N–H and O–H groups in total. The Bertz CT molecular complexity index is 808. The van der Waals surface area contributed by atoms with E-state index in [0.29, 0.717) is 9.46 Å². The van der Waals surface area contributed by atoms with Crippen LogP contribution in [0.3, 0.4) is 0 Å². The summed E-state index contributed by atoms with van der Waals surface area (Å²) in [5.74, 6) is 0. The van der Waals surface area contributed by atoms with Gasteiger partial charge >= 0.3 is 10.3 Å². The number of pyridine rings is 1. The minimum Gasteiger partial charge on any atom is -0.389 e. The van der Waals surface area contributed by atoms with E-state index < -0.39 is 28.9 Å². The van der Waals surface area contributed by atoms with E-state index in [1.165, 1.54) is 0 Å². The van der Waals surface area contributed by atoms with Crippen LogP contribution in [0.25, 0.3) is 10.9 Å². The van der Waals surface area contributed by atoms with Crippen molar-refractivity contribution in [2.24, 2.45) is 0 Å². The molecule has 0 aliphatic carbocycles. The second-order valence-corrected chi connectivity index (χ2v) is 6.87. The van der Waals surface area contributed by atoms with Gasteiger partial charge in [-0.3, -0.25) is 4.55 Å². The van der Waals surface area contributed by atoms with Crippen LogP contribution in [-0.2, 0) is 15.0 Å². The van der Waals surface area contributed by atoms with Crippen molar-refractivity contribution >= 4 is 32.8 Å². The summed E-state index contributed by atoms with van der Waals surface area (Å²) in [6, 6.07) is 3.51. The predicted octanol–water partition coefficient (Wildman–Crippen LogP) is 1.03. The highest BCUT2D eigenvalue weighted by molar-refractivity contribution is 7.83. The maximum absolute atomic E-state index is 11.2. The first-order chi connectivity index (χ1) is 10.3. The van der Waals surface area contributed by atoms with Crippen molar-refractivity contribution in [3.05, 3.63) is 29.7 Å². The fraction of sp³-hybridized carbons (Fsp3) is 0.417. The third-order valence-corrected chi connectivity index (χ3v) is 4.94. The van der Waals surface area contributed by atoms with E-state index in [0.717, 1.165) is 18.0 Å². The summed E-state index contributed by atoms with van der Waals surface area (Å²) in [6.07, 6.45) is 0.648. The number of likely N-dealkylation sites (N-methyl/N-ethyl adjacent to an activating group) is 1. The van der Waals surface area contributed by atoms with E-state index in [9.17, 15) is 13.5 Å². The van der Waals surface area contributed by atoms with Crippen LogP contribution >= 0.6 is 11.6 Å². The Hall–Kier alpha value is -1.23. The largest absolute Gasteiger partial charge is 0.389 e. The zero-order valence-corrected chi connectivity index (χ0v) is 13.1. The summed E-state index contributed by atoms with van der Waals surface area (Å²) >= 11 is 6.01. The average Bonchev–Trinajstić information content (AvgIpc) is 3.01. The van der Waals surface area contributed by atoms with Gasteiger partial charge in [-0.2, -0.15) is 12.7 Å². The number of aliphatic hydroxyl groups excluding tert-OH is 1. The average molecular weight is 348 g/mol. The summed E-state index contributed by atoms with van der Waals surface area (Å²) in [6.45, 7) is 0. The van der Waals surface area contributed by atoms with Gasteiger partial charge in [0.15, 0.2) is 6.23 Å². The van der Waals surface area contributed by atoms with Gasteiger partial charge in [0, 0.05) is 31.2 Å². The minimum atomic E-state index is -4.45. The molecule has 0 amide bonds. The van der Waals surface area contributed by atoms with E-state index in [-0.39, 0.29) is 6.42 Å². The Labute approximate surface area is 131 Å². The van der Waals surface area contributed by atoms with E-state index in [2.05, 4.69) is 4.98 Å². The summed E-state index contributed by atoms with van der Waals surface area (Å²) in [7, 11) is -3.31. The molecule has 2 aromatic rings. The number of fused-ring (bicyclic) bond motifs is 1. The van der Waals surface area contributed by atoms with Crippen LogP contribution in [0.5, 0.6) is 0 Å². The summed E-state index contributed by atoms with van der Waals surface area (Å²) in [4.78, 5) is 3.98. The molecule has 22 heavy (non-hydrogen) atoms. The number of hydrogen-bond acceptors (Lipinski definition) is 5. The molecule has 0 spiro atoms. The van der Waals surface area contributed by atoms with Crippen molar-refractivity contribution in [2.75, 3.05) is 7.05 Å². The highest BCUT2D eigenvalue weighted by atomic mass is 35.5. The zero-order valence-electron chi connectivity index (χ0n) is 11.5. The van der Waals surface area contributed by atoms with Crippen molar-refractivity contribution in [3.63, 3.8) is 0 Å². The fourth-order valence-electron chi connectivity index (χ4n) is 2.57. The van der Waals surface area contributed by atoms with Gasteiger partial charge in [0.1, 0.15) is 11.4 Å². The van der Waals surface area contributed by atoms with Crippen LogP contribution < -0.4 is 0 Å². The van der Waals surface area contributed by atoms with Gasteiger partial charge in [0.05, 0.1) is 11.6 Å². The molecule has 0 bridgehead atoms. The van der Waals surface area contributed by atoms with E-state index in [4.69, 9.17) is 20.9 Å². The maximum atomic E-state index is 11.2. The SMILES string of the molecule is CN([C@@H]1O[C@@H](n2ccc3c(Cl)nccc32)C[C@@H]1O)S(=O)(=O)O. The first-order valence-corrected chi connectivity index (χ1v) is 8.21.